The first-order chi connectivity index (χ1) is 13.0. The number of hydrogen-bond donors (Lipinski definition) is 3. The Morgan fingerprint density at radius 1 is 1.44 bits per heavy atom. The second-order valence-corrected chi connectivity index (χ2v) is 6.43. The lowest BCUT2D eigenvalue weighted by Crippen LogP contribution is -2.55. The van der Waals surface area contributed by atoms with Crippen LogP contribution in [0.5, 0.6) is 0 Å². The third-order valence-corrected chi connectivity index (χ3v) is 4.41. The minimum atomic E-state index is -1.07. The third-order valence-electron chi connectivity index (χ3n) is 4.41. The number of imidazole rings is 1. The molecule has 1 amide bonds. The summed E-state index contributed by atoms with van der Waals surface area (Å²) in [5.41, 5.74) is 1.16. The number of carbonyl (C=O) groups excluding carboxylic acids is 1. The highest BCUT2D eigenvalue weighted by Gasteiger charge is 2.39. The molecule has 1 aliphatic rings. The third kappa shape index (κ3) is 3.80. The minimum absolute atomic E-state index is 0.217. The predicted octanol–water partition coefficient (Wildman–Crippen LogP) is -0.352. The Hall–Kier alpha value is -2.50. The number of hydrogen-bond acceptors (Lipinski definition) is 9. The molecular weight excluding hydrogens is 356 g/mol. The smallest absolute Gasteiger partial charge is 0.407 e. The van der Waals surface area contributed by atoms with Gasteiger partial charge in [-0.2, -0.15) is 0 Å². The molecule has 0 aromatic carbocycles. The maximum Gasteiger partial charge on any atom is 0.407 e. The summed E-state index contributed by atoms with van der Waals surface area (Å²) in [6.07, 6.45) is 0.0961. The Morgan fingerprint density at radius 2 is 2.22 bits per heavy atom. The molecule has 0 spiro atoms. The van der Waals surface area contributed by atoms with Gasteiger partial charge in [-0.1, -0.05) is 0 Å². The van der Waals surface area contributed by atoms with E-state index in [4.69, 9.17) is 9.47 Å². The van der Waals surface area contributed by atoms with Crippen molar-refractivity contribution in [2.24, 2.45) is 0 Å². The number of aromatic nitrogens is 4. The standard InChI is InChI=1S/C16H24N6O5/c1-4-26-16(25)20-9-5-11(27-10(6-23)13(9)24)22-8-19-12-14(21(2)3)17-7-18-15(12)22/h7-11,13,23-24H,4-6H2,1-3H3,(H,20,25)/t9-,10-,11-,13+/m1/s1. The molecule has 3 heterocycles. The Balaban J connectivity index is 1.90. The summed E-state index contributed by atoms with van der Waals surface area (Å²) >= 11 is 0. The van der Waals surface area contributed by atoms with Crippen molar-refractivity contribution in [3.05, 3.63) is 12.7 Å². The Labute approximate surface area is 155 Å². The van der Waals surface area contributed by atoms with E-state index in [0.717, 1.165) is 0 Å². The number of carbonyl (C=O) groups is 1. The van der Waals surface area contributed by atoms with Crippen molar-refractivity contribution >= 4 is 23.1 Å². The monoisotopic (exact) mass is 380 g/mol. The molecule has 1 aliphatic heterocycles. The number of anilines is 1. The quantitative estimate of drug-likeness (QED) is 0.636. The lowest BCUT2D eigenvalue weighted by molar-refractivity contribution is -0.169. The van der Waals surface area contributed by atoms with Crippen molar-refractivity contribution in [3.8, 4) is 0 Å². The summed E-state index contributed by atoms with van der Waals surface area (Å²) in [6, 6.07) is -0.660. The zero-order chi connectivity index (χ0) is 19.6. The maximum atomic E-state index is 11.8. The van der Waals surface area contributed by atoms with Crippen LogP contribution in [0, 0.1) is 0 Å². The van der Waals surface area contributed by atoms with Gasteiger partial charge >= 0.3 is 6.09 Å². The molecule has 4 atom stereocenters. The van der Waals surface area contributed by atoms with E-state index in [9.17, 15) is 15.0 Å². The molecule has 148 valence electrons. The average Bonchev–Trinajstić information content (AvgIpc) is 3.07. The topological polar surface area (TPSA) is 135 Å². The molecule has 0 unspecified atom stereocenters. The first-order valence-corrected chi connectivity index (χ1v) is 8.68. The van der Waals surface area contributed by atoms with Gasteiger partial charge in [-0.3, -0.25) is 4.57 Å². The van der Waals surface area contributed by atoms with Crippen LogP contribution in [0.4, 0.5) is 10.6 Å². The van der Waals surface area contributed by atoms with Gasteiger partial charge in [0.2, 0.25) is 0 Å². The van der Waals surface area contributed by atoms with Crippen molar-refractivity contribution in [1.29, 1.82) is 0 Å². The van der Waals surface area contributed by atoms with Crippen molar-refractivity contribution < 1.29 is 24.5 Å². The van der Waals surface area contributed by atoms with Crippen LogP contribution >= 0.6 is 0 Å². The molecule has 11 heteroatoms. The van der Waals surface area contributed by atoms with E-state index in [1.165, 1.54) is 6.33 Å². The fraction of sp³-hybridized carbons (Fsp3) is 0.625. The number of amides is 1. The van der Waals surface area contributed by atoms with Crippen LogP contribution in [0.2, 0.25) is 0 Å². The second kappa shape index (κ2) is 8.03. The van der Waals surface area contributed by atoms with Crippen molar-refractivity contribution in [3.63, 3.8) is 0 Å². The van der Waals surface area contributed by atoms with Gasteiger partial charge in [0.05, 0.1) is 25.6 Å². The van der Waals surface area contributed by atoms with Crippen molar-refractivity contribution in [1.82, 2.24) is 24.8 Å². The van der Waals surface area contributed by atoms with Crippen molar-refractivity contribution in [2.45, 2.75) is 37.8 Å². The van der Waals surface area contributed by atoms with Gasteiger partial charge in [0.1, 0.15) is 24.8 Å². The van der Waals surface area contributed by atoms with E-state index in [0.29, 0.717) is 17.0 Å². The zero-order valence-corrected chi connectivity index (χ0v) is 15.4. The fourth-order valence-electron chi connectivity index (χ4n) is 3.13. The second-order valence-electron chi connectivity index (χ2n) is 6.43. The highest BCUT2D eigenvalue weighted by Crippen LogP contribution is 2.31. The molecule has 27 heavy (non-hydrogen) atoms. The van der Waals surface area contributed by atoms with Gasteiger partial charge in [-0.25, -0.2) is 19.7 Å². The minimum Gasteiger partial charge on any atom is -0.450 e. The van der Waals surface area contributed by atoms with Gasteiger partial charge in [-0.05, 0) is 6.92 Å². The van der Waals surface area contributed by atoms with E-state index in [-0.39, 0.29) is 13.0 Å². The Morgan fingerprint density at radius 3 is 2.89 bits per heavy atom. The largest absolute Gasteiger partial charge is 0.450 e. The summed E-state index contributed by atoms with van der Waals surface area (Å²) in [6.45, 7) is 1.51. The van der Waals surface area contributed by atoms with E-state index in [1.807, 2.05) is 19.0 Å². The average molecular weight is 380 g/mol. The number of aliphatic hydroxyl groups excluding tert-OH is 2. The highest BCUT2D eigenvalue weighted by molar-refractivity contribution is 5.83. The molecule has 3 N–H and O–H groups in total. The normalized spacial score (nSPS) is 25.4. The summed E-state index contributed by atoms with van der Waals surface area (Å²) in [7, 11) is 3.71. The van der Waals surface area contributed by atoms with E-state index >= 15 is 0 Å². The van der Waals surface area contributed by atoms with Crippen LogP contribution in [0.15, 0.2) is 12.7 Å². The number of aliphatic hydroxyl groups is 2. The van der Waals surface area contributed by atoms with Gasteiger partial charge in [0.15, 0.2) is 17.0 Å². The van der Waals surface area contributed by atoms with Crippen LogP contribution < -0.4 is 10.2 Å². The summed E-state index contributed by atoms with van der Waals surface area (Å²) in [4.78, 5) is 26.5. The molecule has 11 nitrogen and oxygen atoms in total. The van der Waals surface area contributed by atoms with Gasteiger partial charge in [-0.15, -0.1) is 0 Å². The number of rotatable bonds is 5. The first-order valence-electron chi connectivity index (χ1n) is 8.68. The van der Waals surface area contributed by atoms with Crippen LogP contribution in [0.1, 0.15) is 19.6 Å². The van der Waals surface area contributed by atoms with Crippen LogP contribution in [-0.2, 0) is 9.47 Å². The molecule has 2 aromatic heterocycles. The van der Waals surface area contributed by atoms with Crippen LogP contribution in [0.3, 0.4) is 0 Å². The molecule has 0 radical (unpaired) electrons. The molecule has 0 bridgehead atoms. The number of alkyl carbamates (subject to hydrolysis) is 1. The maximum absolute atomic E-state index is 11.8. The van der Waals surface area contributed by atoms with Gasteiger partial charge in [0.25, 0.3) is 0 Å². The number of ether oxygens (including phenoxy) is 2. The van der Waals surface area contributed by atoms with E-state index < -0.39 is 37.2 Å². The Kier molecular flexibility index (Phi) is 5.73. The zero-order valence-electron chi connectivity index (χ0n) is 15.4. The highest BCUT2D eigenvalue weighted by atomic mass is 16.6. The number of nitrogens with zero attached hydrogens (tertiary/aromatic N) is 5. The van der Waals surface area contributed by atoms with Crippen molar-refractivity contribution in [2.75, 3.05) is 32.2 Å². The molecule has 0 aliphatic carbocycles. The lowest BCUT2D eigenvalue weighted by atomic mass is 9.98. The number of fused-ring (bicyclic) bond motifs is 1. The molecule has 1 saturated heterocycles. The summed E-state index contributed by atoms with van der Waals surface area (Å²) in [5, 5.41) is 22.6. The van der Waals surface area contributed by atoms with Crippen LogP contribution in [-0.4, -0.2) is 81.4 Å². The molecule has 2 aromatic rings. The van der Waals surface area contributed by atoms with E-state index in [2.05, 4.69) is 20.3 Å². The van der Waals surface area contributed by atoms with Crippen LogP contribution in [0.25, 0.3) is 11.2 Å². The predicted molar refractivity (Wildman–Crippen MR) is 95.2 cm³/mol. The Bertz CT molecular complexity index is 797. The van der Waals surface area contributed by atoms with Gasteiger partial charge < -0.3 is 29.9 Å². The number of nitrogens with one attached hydrogen (secondary N) is 1. The molecule has 1 fully saturated rings. The fourth-order valence-corrected chi connectivity index (χ4v) is 3.13. The molecule has 0 saturated carbocycles. The lowest BCUT2D eigenvalue weighted by Gasteiger charge is -2.39. The summed E-state index contributed by atoms with van der Waals surface area (Å²) < 4.78 is 12.4. The molecular formula is C16H24N6O5. The molecule has 3 rings (SSSR count). The van der Waals surface area contributed by atoms with Gasteiger partial charge in [0, 0.05) is 20.5 Å². The SMILES string of the molecule is CCOC(=O)N[C@@H]1C[C@H](n2cnc3c(N(C)C)ncnc32)O[C@H](CO)[C@H]1O. The summed E-state index contributed by atoms with van der Waals surface area (Å²) in [5.74, 6) is 0.662. The van der Waals surface area contributed by atoms with E-state index in [1.54, 1.807) is 17.8 Å². The first kappa shape index (κ1) is 19.3.